The lowest BCUT2D eigenvalue weighted by Crippen LogP contribution is -2.22. The van der Waals surface area contributed by atoms with Gasteiger partial charge < -0.3 is 14.8 Å². The number of hydrogen-bond acceptors (Lipinski definition) is 5. The molecule has 0 bridgehead atoms. The van der Waals surface area contributed by atoms with Crippen molar-refractivity contribution in [2.24, 2.45) is 0 Å². The van der Waals surface area contributed by atoms with Crippen LogP contribution in [0.25, 0.3) is 0 Å². The number of phenolic OH excluding ortho intramolecular Hbond substituents is 1. The Bertz CT molecular complexity index is 607. The SMILES string of the molecule is O=C(NCc1ccco1)c1ccc([N+](=O)[O-])c(O)c1. The molecule has 0 fully saturated rings. The highest BCUT2D eigenvalue weighted by atomic mass is 16.6. The van der Waals surface area contributed by atoms with E-state index < -0.39 is 22.3 Å². The van der Waals surface area contributed by atoms with Gasteiger partial charge in [-0.25, -0.2) is 0 Å². The van der Waals surface area contributed by atoms with Crippen molar-refractivity contribution < 1.29 is 19.2 Å². The summed E-state index contributed by atoms with van der Waals surface area (Å²) in [6.07, 6.45) is 1.49. The van der Waals surface area contributed by atoms with Gasteiger partial charge in [-0.1, -0.05) is 0 Å². The number of nitro benzene ring substituents is 1. The van der Waals surface area contributed by atoms with E-state index in [1.54, 1.807) is 12.1 Å². The van der Waals surface area contributed by atoms with E-state index in [4.69, 9.17) is 4.42 Å². The van der Waals surface area contributed by atoms with E-state index in [-0.39, 0.29) is 12.1 Å². The minimum atomic E-state index is -0.722. The Morgan fingerprint density at radius 2 is 2.21 bits per heavy atom. The molecule has 0 saturated carbocycles. The van der Waals surface area contributed by atoms with Gasteiger partial charge in [0.25, 0.3) is 5.91 Å². The van der Waals surface area contributed by atoms with Gasteiger partial charge in [0.15, 0.2) is 5.75 Å². The Labute approximate surface area is 107 Å². The third-order valence-corrected chi connectivity index (χ3v) is 2.44. The van der Waals surface area contributed by atoms with Crippen molar-refractivity contribution in [2.75, 3.05) is 0 Å². The summed E-state index contributed by atoms with van der Waals surface area (Å²) in [6, 6.07) is 6.80. The van der Waals surface area contributed by atoms with Gasteiger partial charge in [-0.15, -0.1) is 0 Å². The summed E-state index contributed by atoms with van der Waals surface area (Å²) in [5, 5.41) is 22.5. The summed E-state index contributed by atoms with van der Waals surface area (Å²) in [6.45, 7) is 0.198. The lowest BCUT2D eigenvalue weighted by molar-refractivity contribution is -0.385. The maximum absolute atomic E-state index is 11.7. The van der Waals surface area contributed by atoms with Gasteiger partial charge in [-0.05, 0) is 24.3 Å². The van der Waals surface area contributed by atoms with Gasteiger partial charge in [-0.3, -0.25) is 14.9 Å². The monoisotopic (exact) mass is 262 g/mol. The summed E-state index contributed by atoms with van der Waals surface area (Å²) in [7, 11) is 0. The number of amides is 1. The van der Waals surface area contributed by atoms with Crippen LogP contribution >= 0.6 is 0 Å². The van der Waals surface area contributed by atoms with Crippen molar-refractivity contribution in [1.29, 1.82) is 0 Å². The lowest BCUT2D eigenvalue weighted by atomic mass is 10.2. The molecule has 0 atom stereocenters. The normalized spacial score (nSPS) is 10.1. The minimum Gasteiger partial charge on any atom is -0.502 e. The zero-order valence-corrected chi connectivity index (χ0v) is 9.70. The number of hydrogen-bond donors (Lipinski definition) is 2. The second-order valence-corrected chi connectivity index (χ2v) is 3.72. The molecule has 2 aromatic rings. The number of carbonyl (C=O) groups excluding carboxylic acids is 1. The predicted octanol–water partition coefficient (Wildman–Crippen LogP) is 1.82. The second kappa shape index (κ2) is 5.21. The van der Waals surface area contributed by atoms with Crippen LogP contribution in [0.3, 0.4) is 0 Å². The summed E-state index contributed by atoms with van der Waals surface area (Å²) in [5.74, 6) is -0.420. The number of phenols is 1. The second-order valence-electron chi connectivity index (χ2n) is 3.72. The molecule has 2 rings (SSSR count). The molecule has 1 aromatic heterocycles. The topological polar surface area (TPSA) is 106 Å². The molecule has 19 heavy (non-hydrogen) atoms. The Balaban J connectivity index is 2.07. The highest BCUT2D eigenvalue weighted by molar-refractivity contribution is 5.94. The molecule has 0 aliphatic heterocycles. The fourth-order valence-corrected chi connectivity index (χ4v) is 1.50. The number of nitro groups is 1. The van der Waals surface area contributed by atoms with Gasteiger partial charge in [0.1, 0.15) is 5.76 Å². The molecule has 7 heteroatoms. The van der Waals surface area contributed by atoms with Crippen molar-refractivity contribution >= 4 is 11.6 Å². The molecule has 1 heterocycles. The van der Waals surface area contributed by atoms with E-state index in [2.05, 4.69) is 5.32 Å². The van der Waals surface area contributed by atoms with Gasteiger partial charge in [-0.2, -0.15) is 0 Å². The minimum absolute atomic E-state index is 0.134. The van der Waals surface area contributed by atoms with Crippen molar-refractivity contribution in [3.8, 4) is 5.75 Å². The largest absolute Gasteiger partial charge is 0.502 e. The molecule has 0 aliphatic carbocycles. The van der Waals surface area contributed by atoms with Crippen LogP contribution in [0.2, 0.25) is 0 Å². The zero-order chi connectivity index (χ0) is 13.8. The van der Waals surface area contributed by atoms with E-state index in [1.807, 2.05) is 0 Å². The molecule has 98 valence electrons. The van der Waals surface area contributed by atoms with Crippen LogP contribution in [0.5, 0.6) is 5.75 Å². The quantitative estimate of drug-likeness (QED) is 0.645. The van der Waals surface area contributed by atoms with Gasteiger partial charge in [0.05, 0.1) is 17.7 Å². The predicted molar refractivity (Wildman–Crippen MR) is 64.6 cm³/mol. The smallest absolute Gasteiger partial charge is 0.310 e. The Morgan fingerprint density at radius 1 is 1.42 bits per heavy atom. The molecule has 0 aliphatic rings. The van der Waals surface area contributed by atoms with Crippen LogP contribution in [0.15, 0.2) is 41.0 Å². The standard InChI is InChI=1S/C12H10N2O5/c15-11-6-8(3-4-10(11)14(17)18)12(16)13-7-9-2-1-5-19-9/h1-6,15H,7H2,(H,13,16). The Kier molecular flexibility index (Phi) is 3.46. The Morgan fingerprint density at radius 3 is 2.79 bits per heavy atom. The van der Waals surface area contributed by atoms with Crippen molar-refractivity contribution in [2.45, 2.75) is 6.54 Å². The number of aromatic hydroxyl groups is 1. The molecule has 1 aromatic carbocycles. The molecule has 0 unspecified atom stereocenters. The Hall–Kier alpha value is -2.83. The summed E-state index contributed by atoms with van der Waals surface area (Å²) >= 11 is 0. The average Bonchev–Trinajstić information content (AvgIpc) is 2.88. The maximum atomic E-state index is 11.7. The number of carbonyl (C=O) groups is 1. The fourth-order valence-electron chi connectivity index (χ4n) is 1.50. The summed E-state index contributed by atoms with van der Waals surface area (Å²) < 4.78 is 5.04. The number of benzene rings is 1. The van der Waals surface area contributed by atoms with Crippen LogP contribution in [-0.2, 0) is 6.54 Å². The maximum Gasteiger partial charge on any atom is 0.310 e. The highest BCUT2D eigenvalue weighted by Gasteiger charge is 2.15. The molecule has 0 spiro atoms. The number of nitrogens with zero attached hydrogens (tertiary/aromatic N) is 1. The van der Waals surface area contributed by atoms with Crippen LogP contribution in [-0.4, -0.2) is 15.9 Å². The molecular formula is C12H10N2O5. The number of rotatable bonds is 4. The first-order chi connectivity index (χ1) is 9.08. The van der Waals surface area contributed by atoms with Gasteiger partial charge in [0.2, 0.25) is 0 Å². The van der Waals surface area contributed by atoms with E-state index in [1.165, 1.54) is 12.3 Å². The van der Waals surface area contributed by atoms with Crippen LogP contribution in [0, 0.1) is 10.1 Å². The average molecular weight is 262 g/mol. The summed E-state index contributed by atoms with van der Waals surface area (Å²) in [5.41, 5.74) is -0.308. The van der Waals surface area contributed by atoms with E-state index in [0.29, 0.717) is 5.76 Å². The van der Waals surface area contributed by atoms with E-state index in [0.717, 1.165) is 12.1 Å². The van der Waals surface area contributed by atoms with Gasteiger partial charge in [0, 0.05) is 11.6 Å². The van der Waals surface area contributed by atoms with Crippen LogP contribution in [0.4, 0.5) is 5.69 Å². The van der Waals surface area contributed by atoms with E-state index in [9.17, 15) is 20.0 Å². The molecule has 0 radical (unpaired) electrons. The zero-order valence-electron chi connectivity index (χ0n) is 9.70. The number of furan rings is 1. The molecule has 1 amide bonds. The molecular weight excluding hydrogens is 252 g/mol. The van der Waals surface area contributed by atoms with Gasteiger partial charge >= 0.3 is 5.69 Å². The first-order valence-corrected chi connectivity index (χ1v) is 5.36. The van der Waals surface area contributed by atoms with Crippen molar-refractivity contribution in [3.05, 3.63) is 58.0 Å². The third-order valence-electron chi connectivity index (χ3n) is 2.44. The highest BCUT2D eigenvalue weighted by Crippen LogP contribution is 2.26. The summed E-state index contributed by atoms with van der Waals surface area (Å²) in [4.78, 5) is 21.5. The third kappa shape index (κ3) is 2.89. The number of nitrogens with one attached hydrogen (secondary N) is 1. The lowest BCUT2D eigenvalue weighted by Gasteiger charge is -2.04. The first kappa shape index (κ1) is 12.6. The fraction of sp³-hybridized carbons (Fsp3) is 0.0833. The molecule has 7 nitrogen and oxygen atoms in total. The van der Waals surface area contributed by atoms with Crippen LogP contribution < -0.4 is 5.32 Å². The van der Waals surface area contributed by atoms with Crippen molar-refractivity contribution in [1.82, 2.24) is 5.32 Å². The van der Waals surface area contributed by atoms with Crippen molar-refractivity contribution in [3.63, 3.8) is 0 Å². The van der Waals surface area contributed by atoms with E-state index >= 15 is 0 Å². The molecule has 2 N–H and O–H groups in total. The molecule has 0 saturated heterocycles. The first-order valence-electron chi connectivity index (χ1n) is 5.36. The van der Waals surface area contributed by atoms with Crippen LogP contribution in [0.1, 0.15) is 16.1 Å².